The van der Waals surface area contributed by atoms with E-state index in [4.69, 9.17) is 4.74 Å². The van der Waals surface area contributed by atoms with E-state index in [0.717, 1.165) is 10.6 Å². The molecule has 0 aliphatic heterocycles. The standard InChI is InChI=1S/C19H23FN2O4S/c1-4-18(19(23)21-13-14-8-10-15(20)11-9-14)22(27(3,24)25)16-6-5-7-17(12-16)26-2/h5-12,18H,4,13H2,1-3H3,(H,21,23)/t18-/m0/s1. The van der Waals surface area contributed by atoms with Crippen LogP contribution in [-0.2, 0) is 21.4 Å². The van der Waals surface area contributed by atoms with Crippen molar-refractivity contribution >= 4 is 21.6 Å². The van der Waals surface area contributed by atoms with Crippen molar-refractivity contribution in [1.29, 1.82) is 0 Å². The number of nitrogens with one attached hydrogen (secondary N) is 1. The fourth-order valence-corrected chi connectivity index (χ4v) is 3.92. The van der Waals surface area contributed by atoms with Gasteiger partial charge in [0.1, 0.15) is 17.6 Å². The first-order valence-electron chi connectivity index (χ1n) is 8.42. The lowest BCUT2D eigenvalue weighted by Crippen LogP contribution is -2.49. The van der Waals surface area contributed by atoms with Gasteiger partial charge in [-0.15, -0.1) is 0 Å². The Morgan fingerprint density at radius 2 is 1.89 bits per heavy atom. The van der Waals surface area contributed by atoms with Gasteiger partial charge in [0.25, 0.3) is 0 Å². The second kappa shape index (κ2) is 8.85. The molecule has 0 spiro atoms. The molecule has 2 aromatic rings. The zero-order chi connectivity index (χ0) is 20.0. The number of methoxy groups -OCH3 is 1. The molecule has 2 rings (SSSR count). The average molecular weight is 394 g/mol. The summed E-state index contributed by atoms with van der Waals surface area (Å²) in [5.74, 6) is -0.310. The van der Waals surface area contributed by atoms with Gasteiger partial charge >= 0.3 is 0 Å². The van der Waals surface area contributed by atoms with Gasteiger partial charge in [-0.2, -0.15) is 0 Å². The molecule has 2 aromatic carbocycles. The molecule has 0 saturated carbocycles. The normalized spacial score (nSPS) is 12.3. The minimum Gasteiger partial charge on any atom is -0.497 e. The van der Waals surface area contributed by atoms with Crippen molar-refractivity contribution in [3.8, 4) is 5.75 Å². The summed E-state index contributed by atoms with van der Waals surface area (Å²) in [4.78, 5) is 12.7. The van der Waals surface area contributed by atoms with Crippen LogP contribution in [0.2, 0.25) is 0 Å². The van der Waals surface area contributed by atoms with Crippen LogP contribution in [-0.4, -0.2) is 33.7 Å². The van der Waals surface area contributed by atoms with Gasteiger partial charge in [0.15, 0.2) is 0 Å². The van der Waals surface area contributed by atoms with Crippen LogP contribution in [0.1, 0.15) is 18.9 Å². The first kappa shape index (κ1) is 20.7. The number of amides is 1. The molecule has 0 heterocycles. The molecule has 6 nitrogen and oxygen atoms in total. The summed E-state index contributed by atoms with van der Waals surface area (Å²) in [6.45, 7) is 1.91. The van der Waals surface area contributed by atoms with Crippen molar-refractivity contribution in [2.45, 2.75) is 25.9 Å². The van der Waals surface area contributed by atoms with Gasteiger partial charge in [-0.3, -0.25) is 9.10 Å². The highest BCUT2D eigenvalue weighted by molar-refractivity contribution is 7.92. The van der Waals surface area contributed by atoms with E-state index in [-0.39, 0.29) is 18.8 Å². The molecule has 0 unspecified atom stereocenters. The lowest BCUT2D eigenvalue weighted by molar-refractivity contribution is -0.122. The maximum absolute atomic E-state index is 13.0. The molecule has 0 aliphatic rings. The van der Waals surface area contributed by atoms with E-state index in [1.54, 1.807) is 43.3 Å². The first-order chi connectivity index (χ1) is 12.8. The number of sulfonamides is 1. The number of hydrogen-bond acceptors (Lipinski definition) is 4. The SMILES string of the molecule is CC[C@@H](C(=O)NCc1ccc(F)cc1)N(c1cccc(OC)c1)S(C)(=O)=O. The number of halogens is 1. The Labute approximate surface area is 159 Å². The number of rotatable bonds is 8. The Balaban J connectivity index is 2.25. The molecule has 0 radical (unpaired) electrons. The van der Waals surface area contributed by atoms with Gasteiger partial charge in [-0.1, -0.05) is 25.1 Å². The van der Waals surface area contributed by atoms with Crippen LogP contribution in [0.3, 0.4) is 0 Å². The smallest absolute Gasteiger partial charge is 0.244 e. The maximum atomic E-state index is 13.0. The molecular weight excluding hydrogens is 371 g/mol. The number of carbonyl (C=O) groups excluding carboxylic acids is 1. The Kier molecular flexibility index (Phi) is 6.79. The van der Waals surface area contributed by atoms with E-state index >= 15 is 0 Å². The monoisotopic (exact) mass is 394 g/mol. The van der Waals surface area contributed by atoms with E-state index < -0.39 is 22.0 Å². The van der Waals surface area contributed by atoms with Crippen molar-refractivity contribution in [1.82, 2.24) is 5.32 Å². The largest absolute Gasteiger partial charge is 0.497 e. The molecule has 1 atom stereocenters. The van der Waals surface area contributed by atoms with Crippen LogP contribution in [0.15, 0.2) is 48.5 Å². The third kappa shape index (κ3) is 5.43. The molecule has 0 fully saturated rings. The van der Waals surface area contributed by atoms with E-state index in [1.165, 1.54) is 19.2 Å². The predicted molar refractivity (Wildman–Crippen MR) is 103 cm³/mol. The molecule has 0 aliphatic carbocycles. The van der Waals surface area contributed by atoms with Crippen molar-refractivity contribution in [3.63, 3.8) is 0 Å². The van der Waals surface area contributed by atoms with E-state index in [2.05, 4.69) is 5.32 Å². The third-order valence-electron chi connectivity index (χ3n) is 4.02. The fourth-order valence-electron chi connectivity index (χ4n) is 2.72. The van der Waals surface area contributed by atoms with Crippen LogP contribution < -0.4 is 14.4 Å². The number of ether oxygens (including phenoxy) is 1. The molecular formula is C19H23FN2O4S. The average Bonchev–Trinajstić information content (AvgIpc) is 2.64. The second-order valence-corrected chi connectivity index (χ2v) is 7.89. The third-order valence-corrected chi connectivity index (χ3v) is 5.20. The fraction of sp³-hybridized carbons (Fsp3) is 0.316. The molecule has 146 valence electrons. The summed E-state index contributed by atoms with van der Waals surface area (Å²) < 4.78 is 44.1. The van der Waals surface area contributed by atoms with Crippen LogP contribution in [0.25, 0.3) is 0 Å². The summed E-state index contributed by atoms with van der Waals surface area (Å²) in [7, 11) is -2.24. The Morgan fingerprint density at radius 3 is 2.44 bits per heavy atom. The Morgan fingerprint density at radius 1 is 1.22 bits per heavy atom. The number of nitrogens with zero attached hydrogens (tertiary/aromatic N) is 1. The molecule has 0 bridgehead atoms. The van der Waals surface area contributed by atoms with E-state index in [0.29, 0.717) is 17.0 Å². The number of benzene rings is 2. The summed E-state index contributed by atoms with van der Waals surface area (Å²) in [6, 6.07) is 11.3. The van der Waals surface area contributed by atoms with Crippen LogP contribution in [0.4, 0.5) is 10.1 Å². The highest BCUT2D eigenvalue weighted by atomic mass is 32.2. The predicted octanol–water partition coefficient (Wildman–Crippen LogP) is 2.70. The Hall–Kier alpha value is -2.61. The molecule has 1 N–H and O–H groups in total. The second-order valence-electron chi connectivity index (χ2n) is 6.03. The quantitative estimate of drug-likeness (QED) is 0.747. The van der Waals surface area contributed by atoms with Crippen molar-refractivity contribution < 1.29 is 22.3 Å². The van der Waals surface area contributed by atoms with Gasteiger partial charge in [0.05, 0.1) is 19.1 Å². The number of hydrogen-bond donors (Lipinski definition) is 1. The summed E-state index contributed by atoms with van der Waals surface area (Å²) in [5, 5.41) is 2.72. The Bertz CT molecular complexity index is 885. The molecule has 0 saturated heterocycles. The highest BCUT2D eigenvalue weighted by Gasteiger charge is 2.31. The molecule has 8 heteroatoms. The lowest BCUT2D eigenvalue weighted by atomic mass is 10.1. The first-order valence-corrected chi connectivity index (χ1v) is 10.3. The minimum atomic E-state index is -3.72. The van der Waals surface area contributed by atoms with Crippen LogP contribution >= 0.6 is 0 Å². The van der Waals surface area contributed by atoms with Gasteiger partial charge in [0, 0.05) is 12.6 Å². The minimum absolute atomic E-state index is 0.172. The number of carbonyl (C=O) groups is 1. The van der Waals surface area contributed by atoms with Gasteiger partial charge in [-0.25, -0.2) is 12.8 Å². The molecule has 0 aromatic heterocycles. The van der Waals surface area contributed by atoms with Crippen molar-refractivity contribution in [2.24, 2.45) is 0 Å². The van der Waals surface area contributed by atoms with Gasteiger partial charge < -0.3 is 10.1 Å². The van der Waals surface area contributed by atoms with Crippen LogP contribution in [0.5, 0.6) is 5.75 Å². The zero-order valence-electron chi connectivity index (χ0n) is 15.5. The van der Waals surface area contributed by atoms with Gasteiger partial charge in [-0.05, 0) is 36.2 Å². The van der Waals surface area contributed by atoms with Gasteiger partial charge in [0.2, 0.25) is 15.9 Å². The van der Waals surface area contributed by atoms with E-state index in [9.17, 15) is 17.6 Å². The summed E-state index contributed by atoms with van der Waals surface area (Å²) in [5.41, 5.74) is 1.06. The lowest BCUT2D eigenvalue weighted by Gasteiger charge is -2.30. The van der Waals surface area contributed by atoms with Crippen molar-refractivity contribution in [2.75, 3.05) is 17.7 Å². The maximum Gasteiger partial charge on any atom is 0.244 e. The topological polar surface area (TPSA) is 75.7 Å². The summed E-state index contributed by atoms with van der Waals surface area (Å²) >= 11 is 0. The van der Waals surface area contributed by atoms with E-state index in [1.807, 2.05) is 0 Å². The molecule has 27 heavy (non-hydrogen) atoms. The zero-order valence-corrected chi connectivity index (χ0v) is 16.3. The summed E-state index contributed by atoms with van der Waals surface area (Å²) in [6.07, 6.45) is 1.34. The van der Waals surface area contributed by atoms with Crippen molar-refractivity contribution in [3.05, 3.63) is 59.9 Å². The number of anilines is 1. The molecule has 1 amide bonds. The highest BCUT2D eigenvalue weighted by Crippen LogP contribution is 2.26. The van der Waals surface area contributed by atoms with Crippen LogP contribution in [0, 0.1) is 5.82 Å².